The zero-order valence-electron chi connectivity index (χ0n) is 68.0. The zero-order chi connectivity index (χ0) is 84.1. The summed E-state index contributed by atoms with van der Waals surface area (Å²) in [6.45, 7) is 23.1. The van der Waals surface area contributed by atoms with Crippen LogP contribution in [0.1, 0.15) is 119 Å². The highest BCUT2D eigenvalue weighted by Gasteiger charge is 2.52. The van der Waals surface area contributed by atoms with Crippen LogP contribution >= 0.6 is 55.1 Å². The standard InChI is InChI=1S/C29H27N3O4.C18H24BNO4.C17H15ClN2O2.C8H7BrO2.C8H9Br.C8H6ClNO.C2H7N/c1-18-14-20(4-6-23(18)29(33)32(2)3)27-16-25-28(36-27)24(8-11-31-25)19-5-7-26(21(15-19)17-30)35-22-9-12-34-13-10-22;1-17(2)18(3,4)24-19(23-17)14-5-6-16(13(11-14)12-20)22-15-7-9-21-10-8-15;1-10-8-11(4-5-12(10)17(21)20(2)3)15-9-14-16(22-15)13(18)6-7-19-14;1-6-4-7(9)2-3-8(6)11-5-10;1-6-3-4-8(9)5-7(6)2;1-5-4-7-8(11-5)6(9)2-3-10-7;1-3-2/h4-8,11,14-16,22H,9-10,12-13H2,1-3H3;5-6,11,15H,7-10H2,1-4H3;4-9H,1-3H3;2-5H,1H3;3-5H,1-2H3;2-4H,1H3;3H,1-2H3. The molecule has 3 fully saturated rings. The molecule has 116 heavy (non-hydrogen) atoms. The number of halogens is 4. The molecule has 9 heterocycles. The van der Waals surface area contributed by atoms with Crippen LogP contribution in [-0.4, -0.2) is 142 Å². The lowest BCUT2D eigenvalue weighted by Crippen LogP contribution is -2.41. The summed E-state index contributed by atoms with van der Waals surface area (Å²) in [6.07, 6.45) is 8.54. The number of fused-ring (bicyclic) bond motifs is 3. The van der Waals surface area contributed by atoms with Crippen LogP contribution < -0.4 is 25.0 Å². The number of aromatic nitrogens is 3. The van der Waals surface area contributed by atoms with E-state index < -0.39 is 18.3 Å². The second kappa shape index (κ2) is 41.6. The van der Waals surface area contributed by atoms with E-state index >= 15 is 0 Å². The number of rotatable bonds is 12. The molecule has 15 rings (SSSR count). The Hall–Kier alpha value is -10.2. The number of carbonyl (C=O) groups is 3. The Kier molecular flexibility index (Phi) is 32.1. The van der Waals surface area contributed by atoms with Crippen molar-refractivity contribution < 1.29 is 60.6 Å². The molecule has 26 heteroatoms. The molecule has 0 spiro atoms. The molecule has 6 aromatic heterocycles. The summed E-state index contributed by atoms with van der Waals surface area (Å²) in [4.78, 5) is 50.4. The molecule has 0 atom stereocenters. The Morgan fingerprint density at radius 2 is 0.948 bits per heavy atom. The molecule has 604 valence electrons. The molecule has 3 aliphatic heterocycles. The van der Waals surface area contributed by atoms with Crippen LogP contribution in [0.5, 0.6) is 17.2 Å². The normalized spacial score (nSPS) is 14.0. The fraction of sp³-hybridized carbons (Fsp3) is 0.311. The maximum Gasteiger partial charge on any atom is 0.494 e. The Balaban J connectivity index is 0.000000168. The first-order valence-electron chi connectivity index (χ1n) is 37.6. The van der Waals surface area contributed by atoms with E-state index in [1.807, 2.05) is 173 Å². The van der Waals surface area contributed by atoms with E-state index in [0.29, 0.717) is 116 Å². The van der Waals surface area contributed by atoms with Gasteiger partial charge in [-0.05, 0) is 219 Å². The van der Waals surface area contributed by atoms with Crippen LogP contribution in [0.15, 0.2) is 186 Å². The van der Waals surface area contributed by atoms with Crippen LogP contribution in [-0.2, 0) is 23.6 Å². The average Bonchev–Trinajstić information content (AvgIpc) is 1.61. The number of carbonyl (C=O) groups excluding carboxylic acids is 3. The topological polar surface area (TPSA) is 260 Å². The average molecular weight is 1740 g/mol. The number of nitrogens with one attached hydrogen (secondary N) is 1. The van der Waals surface area contributed by atoms with Crippen LogP contribution in [0, 0.1) is 64.2 Å². The van der Waals surface area contributed by atoms with E-state index in [0.717, 1.165) is 95.8 Å². The van der Waals surface area contributed by atoms with Gasteiger partial charge in [0.1, 0.15) is 75.4 Å². The van der Waals surface area contributed by atoms with E-state index in [-0.39, 0.29) is 24.0 Å². The van der Waals surface area contributed by atoms with Crippen molar-refractivity contribution in [2.75, 3.05) is 68.7 Å². The largest absolute Gasteiger partial charge is 0.494 e. The molecule has 0 radical (unpaired) electrons. The van der Waals surface area contributed by atoms with Gasteiger partial charge in [0.25, 0.3) is 18.3 Å². The summed E-state index contributed by atoms with van der Waals surface area (Å²) in [5, 5.41) is 23.2. The van der Waals surface area contributed by atoms with Gasteiger partial charge in [-0.1, -0.05) is 85.4 Å². The highest BCUT2D eigenvalue weighted by molar-refractivity contribution is 9.10. The third-order valence-electron chi connectivity index (χ3n) is 19.3. The van der Waals surface area contributed by atoms with Crippen molar-refractivity contribution in [3.05, 3.63) is 239 Å². The van der Waals surface area contributed by atoms with Gasteiger partial charge in [0, 0.05) is 127 Å². The van der Waals surface area contributed by atoms with Gasteiger partial charge in [-0.25, -0.2) is 0 Å². The van der Waals surface area contributed by atoms with E-state index in [1.165, 1.54) is 11.1 Å². The van der Waals surface area contributed by atoms with Crippen molar-refractivity contribution in [2.45, 2.75) is 118 Å². The molecular weight excluding hydrogens is 1640 g/mol. The van der Waals surface area contributed by atoms with E-state index in [9.17, 15) is 24.9 Å². The predicted octanol–water partition coefficient (Wildman–Crippen LogP) is 20.2. The maximum atomic E-state index is 12.4. The molecule has 0 bridgehead atoms. The number of pyridine rings is 3. The molecule has 0 aliphatic carbocycles. The van der Waals surface area contributed by atoms with Crippen LogP contribution in [0.3, 0.4) is 0 Å². The van der Waals surface area contributed by atoms with Gasteiger partial charge >= 0.3 is 7.12 Å². The second-order valence-electron chi connectivity index (χ2n) is 29.1. The summed E-state index contributed by atoms with van der Waals surface area (Å²) in [6, 6.07) is 49.6. The SMILES string of the molecule is CC1(C)OB(c2ccc(OC3CCOCC3)c(C#N)c2)OC1(C)C.CNC.Cc1cc(-c2cc3nccc(-c4ccc(OC5CCOCC5)c(C#N)c4)c3o2)ccc1C(=O)N(C)C.Cc1cc(-c2cc3nccc(Cl)c3o2)ccc1C(=O)N(C)C.Cc1cc(Br)ccc1OC=O.Cc1cc2nccc(Cl)c2o1.Cc1ccc(Br)cc1C. The van der Waals surface area contributed by atoms with Gasteiger partial charge in [-0.2, -0.15) is 10.5 Å². The highest BCUT2D eigenvalue weighted by atomic mass is 79.9. The molecule has 21 nitrogen and oxygen atoms in total. The Labute approximate surface area is 704 Å². The number of nitrogens with zero attached hydrogens (tertiary/aromatic N) is 7. The van der Waals surface area contributed by atoms with E-state index in [2.05, 4.69) is 96.3 Å². The summed E-state index contributed by atoms with van der Waals surface area (Å²) in [5.41, 5.74) is 15.3. The van der Waals surface area contributed by atoms with Crippen molar-refractivity contribution in [1.29, 1.82) is 10.5 Å². The van der Waals surface area contributed by atoms with Gasteiger partial charge in [0.05, 0.1) is 58.8 Å². The highest BCUT2D eigenvalue weighted by Crippen LogP contribution is 2.40. The van der Waals surface area contributed by atoms with Crippen LogP contribution in [0.25, 0.3) is 67.1 Å². The molecule has 1 N–H and O–H groups in total. The number of hydrogen-bond acceptors (Lipinski definition) is 19. The number of aryl methyl sites for hydroxylation is 6. The molecule has 3 aliphatic rings. The van der Waals surface area contributed by atoms with Gasteiger partial charge in [-0.15, -0.1) is 0 Å². The smallest absolute Gasteiger partial charge is 0.489 e. The zero-order valence-corrected chi connectivity index (χ0v) is 72.7. The first-order valence-corrected chi connectivity index (χ1v) is 39.9. The summed E-state index contributed by atoms with van der Waals surface area (Å²) < 4.78 is 59.2. The Morgan fingerprint density at radius 1 is 0.517 bits per heavy atom. The molecule has 6 aromatic carbocycles. The monoisotopic (exact) mass is 1730 g/mol. The number of benzene rings is 6. The maximum absolute atomic E-state index is 12.4. The number of amides is 2. The minimum absolute atomic E-state index is 0.0154. The van der Waals surface area contributed by atoms with Gasteiger partial charge in [0.2, 0.25) is 0 Å². The molecule has 12 aromatic rings. The van der Waals surface area contributed by atoms with Crippen molar-refractivity contribution >= 4 is 119 Å². The molecule has 3 saturated heterocycles. The van der Waals surface area contributed by atoms with Gasteiger partial charge in [0.15, 0.2) is 16.7 Å². The predicted molar refractivity (Wildman–Crippen MR) is 463 cm³/mol. The summed E-state index contributed by atoms with van der Waals surface area (Å²) >= 11 is 18.6. The molecular formula is C90H95BBr2Cl2N8O13. The van der Waals surface area contributed by atoms with Crippen molar-refractivity contribution in [3.8, 4) is 63.2 Å². The third kappa shape index (κ3) is 23.5. The molecule has 2 amide bonds. The summed E-state index contributed by atoms with van der Waals surface area (Å²) in [5.74, 6) is 3.93. The first-order chi connectivity index (χ1) is 55.4. The quantitative estimate of drug-likeness (QED) is 0.0880. The third-order valence-corrected chi connectivity index (χ3v) is 20.9. The van der Waals surface area contributed by atoms with Crippen molar-refractivity contribution in [2.24, 2.45) is 0 Å². The van der Waals surface area contributed by atoms with E-state index in [1.54, 1.807) is 80.8 Å². The van der Waals surface area contributed by atoms with Gasteiger partial charge in [-0.3, -0.25) is 29.3 Å². The summed E-state index contributed by atoms with van der Waals surface area (Å²) in [7, 11) is 10.2. The Bertz CT molecular complexity index is 5490. The lowest BCUT2D eigenvalue weighted by atomic mass is 9.78. The fourth-order valence-corrected chi connectivity index (χ4v) is 13.5. The number of furan rings is 3. The Morgan fingerprint density at radius 3 is 1.40 bits per heavy atom. The minimum Gasteiger partial charge on any atom is -0.489 e. The first kappa shape index (κ1) is 89.7. The van der Waals surface area contributed by atoms with E-state index in [4.69, 9.17) is 69.4 Å². The van der Waals surface area contributed by atoms with Crippen LogP contribution in [0.4, 0.5) is 0 Å². The van der Waals surface area contributed by atoms with Crippen molar-refractivity contribution in [3.63, 3.8) is 0 Å². The molecule has 0 saturated carbocycles. The lowest BCUT2D eigenvalue weighted by molar-refractivity contribution is -0.120. The number of ether oxygens (including phenoxy) is 5. The second-order valence-corrected chi connectivity index (χ2v) is 31.8. The van der Waals surface area contributed by atoms with Crippen molar-refractivity contribution in [1.82, 2.24) is 30.1 Å². The minimum atomic E-state index is -0.473. The van der Waals surface area contributed by atoms with Gasteiger partial charge < -0.3 is 61.4 Å². The van der Waals surface area contributed by atoms with Crippen LogP contribution in [0.2, 0.25) is 10.0 Å². The fourth-order valence-electron chi connectivity index (χ4n) is 12.2. The number of hydrogen-bond donors (Lipinski definition) is 1. The molecule has 0 unspecified atom stereocenters. The number of nitriles is 2. The lowest BCUT2D eigenvalue weighted by Gasteiger charge is -2.32.